The van der Waals surface area contributed by atoms with Crippen LogP contribution in [0.2, 0.25) is 0 Å². The largest absolute Gasteiger partial charge is 0.392 e. The van der Waals surface area contributed by atoms with E-state index in [4.69, 9.17) is 10.8 Å². The van der Waals surface area contributed by atoms with Gasteiger partial charge in [-0.1, -0.05) is 6.07 Å². The molecule has 0 saturated carbocycles. The summed E-state index contributed by atoms with van der Waals surface area (Å²) in [4.78, 5) is 5.55. The molecule has 17 heavy (non-hydrogen) atoms. The lowest BCUT2D eigenvalue weighted by Crippen LogP contribution is -1.94. The van der Waals surface area contributed by atoms with Gasteiger partial charge < -0.3 is 10.8 Å². The molecule has 0 radical (unpaired) electrons. The molecule has 5 heteroatoms. The van der Waals surface area contributed by atoms with E-state index in [1.807, 2.05) is 40.2 Å². The van der Waals surface area contributed by atoms with Gasteiger partial charge in [0.15, 0.2) is 0 Å². The highest BCUT2D eigenvalue weighted by Gasteiger charge is 2.11. The van der Waals surface area contributed by atoms with Crippen LogP contribution in [0, 0.1) is 0 Å². The third-order valence-electron chi connectivity index (χ3n) is 2.66. The number of aliphatic hydroxyl groups excluding tert-OH is 1. The van der Waals surface area contributed by atoms with Gasteiger partial charge >= 0.3 is 0 Å². The second-order valence-electron chi connectivity index (χ2n) is 3.74. The zero-order valence-electron chi connectivity index (χ0n) is 9.00. The summed E-state index contributed by atoms with van der Waals surface area (Å²) in [5.41, 5.74) is 8.46. The van der Waals surface area contributed by atoms with Gasteiger partial charge in [0.05, 0.1) is 11.5 Å². The van der Waals surface area contributed by atoms with Gasteiger partial charge in [-0.3, -0.25) is 4.40 Å². The number of hydrogen-bond donors (Lipinski definition) is 2. The third kappa shape index (κ3) is 1.60. The average Bonchev–Trinajstić information content (AvgIpc) is 2.97. The number of rotatable bonds is 2. The van der Waals surface area contributed by atoms with Crippen LogP contribution in [-0.4, -0.2) is 14.5 Å². The van der Waals surface area contributed by atoms with Gasteiger partial charge in [-0.15, -0.1) is 11.3 Å². The van der Waals surface area contributed by atoms with Crippen LogP contribution < -0.4 is 5.73 Å². The third-order valence-corrected chi connectivity index (χ3v) is 3.54. The Morgan fingerprint density at radius 2 is 2.29 bits per heavy atom. The van der Waals surface area contributed by atoms with Crippen molar-refractivity contribution in [1.82, 2.24) is 9.38 Å². The Bertz CT molecular complexity index is 658. The van der Waals surface area contributed by atoms with Crippen molar-refractivity contribution in [2.45, 2.75) is 6.61 Å². The summed E-state index contributed by atoms with van der Waals surface area (Å²) in [7, 11) is 0. The highest BCUT2D eigenvalue weighted by molar-refractivity contribution is 7.13. The molecule has 0 atom stereocenters. The van der Waals surface area contributed by atoms with Crippen LogP contribution in [0.4, 0.5) is 5.82 Å². The first-order valence-corrected chi connectivity index (χ1v) is 6.09. The number of nitrogens with two attached hydrogens (primary N) is 1. The zero-order valence-corrected chi connectivity index (χ0v) is 9.81. The van der Waals surface area contributed by atoms with Gasteiger partial charge in [-0.05, 0) is 29.1 Å². The summed E-state index contributed by atoms with van der Waals surface area (Å²) in [6.07, 6.45) is 1.83. The Balaban J connectivity index is 2.24. The molecule has 0 amide bonds. The van der Waals surface area contributed by atoms with E-state index in [1.165, 1.54) is 0 Å². The fraction of sp³-hybridized carbons (Fsp3) is 0.0833. The van der Waals surface area contributed by atoms with Crippen molar-refractivity contribution >= 4 is 22.8 Å². The van der Waals surface area contributed by atoms with E-state index in [9.17, 15) is 0 Å². The van der Waals surface area contributed by atoms with Crippen molar-refractivity contribution in [1.29, 1.82) is 0 Å². The molecule has 0 fully saturated rings. The van der Waals surface area contributed by atoms with Gasteiger partial charge in [0.1, 0.15) is 17.2 Å². The number of hydrogen-bond acceptors (Lipinski definition) is 4. The molecule has 0 spiro atoms. The molecule has 3 aromatic heterocycles. The van der Waals surface area contributed by atoms with Crippen molar-refractivity contribution in [3.05, 3.63) is 41.4 Å². The van der Waals surface area contributed by atoms with Crippen LogP contribution in [-0.2, 0) is 6.61 Å². The smallest absolute Gasteiger partial charge is 0.139 e. The lowest BCUT2D eigenvalue weighted by Gasteiger charge is -1.98. The number of nitrogen functional groups attached to an aromatic ring is 1. The van der Waals surface area contributed by atoms with Crippen LogP contribution in [0.5, 0.6) is 0 Å². The fourth-order valence-electron chi connectivity index (χ4n) is 1.80. The number of pyridine rings is 1. The average molecular weight is 245 g/mol. The molecule has 0 saturated heterocycles. The SMILES string of the molecule is Nc1c(-c2cccs2)nc2cc(CO)ccn12. The summed E-state index contributed by atoms with van der Waals surface area (Å²) in [6, 6.07) is 7.65. The van der Waals surface area contributed by atoms with Crippen LogP contribution in [0.1, 0.15) is 5.56 Å². The highest BCUT2D eigenvalue weighted by atomic mass is 32.1. The van der Waals surface area contributed by atoms with Gasteiger partial charge in [0.2, 0.25) is 0 Å². The lowest BCUT2D eigenvalue weighted by molar-refractivity contribution is 0.282. The zero-order chi connectivity index (χ0) is 11.8. The predicted molar refractivity (Wildman–Crippen MR) is 68.8 cm³/mol. The Hall–Kier alpha value is -1.85. The summed E-state index contributed by atoms with van der Waals surface area (Å²) < 4.78 is 1.83. The van der Waals surface area contributed by atoms with Crippen molar-refractivity contribution in [3.8, 4) is 10.6 Å². The number of imidazole rings is 1. The van der Waals surface area contributed by atoms with Crippen LogP contribution in [0.3, 0.4) is 0 Å². The number of aromatic nitrogens is 2. The fourth-order valence-corrected chi connectivity index (χ4v) is 2.52. The standard InChI is InChI=1S/C12H11N3OS/c13-12-11(9-2-1-5-17-9)14-10-6-8(7-16)3-4-15(10)12/h1-6,16H,7,13H2. The van der Waals surface area contributed by atoms with E-state index < -0.39 is 0 Å². The van der Waals surface area contributed by atoms with E-state index in [2.05, 4.69) is 4.98 Å². The van der Waals surface area contributed by atoms with E-state index in [0.29, 0.717) is 5.82 Å². The van der Waals surface area contributed by atoms with E-state index >= 15 is 0 Å². The summed E-state index contributed by atoms with van der Waals surface area (Å²) >= 11 is 1.61. The number of fused-ring (bicyclic) bond motifs is 1. The number of nitrogens with zero attached hydrogens (tertiary/aromatic N) is 2. The maximum Gasteiger partial charge on any atom is 0.139 e. The van der Waals surface area contributed by atoms with Crippen molar-refractivity contribution in [2.24, 2.45) is 0 Å². The molecule has 0 aliphatic carbocycles. The monoisotopic (exact) mass is 245 g/mol. The minimum Gasteiger partial charge on any atom is -0.392 e. The second kappa shape index (κ2) is 3.87. The molecule has 0 aromatic carbocycles. The van der Waals surface area contributed by atoms with Crippen LogP contribution in [0.25, 0.3) is 16.2 Å². The highest BCUT2D eigenvalue weighted by Crippen LogP contribution is 2.29. The number of anilines is 1. The first-order chi connectivity index (χ1) is 8.29. The Labute approximate surface area is 102 Å². The topological polar surface area (TPSA) is 63.5 Å². The Kier molecular flexibility index (Phi) is 2.35. The summed E-state index contributed by atoms with van der Waals surface area (Å²) in [5.74, 6) is 0.631. The summed E-state index contributed by atoms with van der Waals surface area (Å²) in [5, 5.41) is 11.1. The molecular weight excluding hydrogens is 234 g/mol. The summed E-state index contributed by atoms with van der Waals surface area (Å²) in [6.45, 7) is 0.0115. The van der Waals surface area contributed by atoms with Gasteiger partial charge in [0.25, 0.3) is 0 Å². The van der Waals surface area contributed by atoms with Gasteiger partial charge in [0, 0.05) is 6.20 Å². The Morgan fingerprint density at radius 3 is 3.00 bits per heavy atom. The van der Waals surface area contributed by atoms with Crippen molar-refractivity contribution < 1.29 is 5.11 Å². The van der Waals surface area contributed by atoms with E-state index in [1.54, 1.807) is 11.3 Å². The van der Waals surface area contributed by atoms with Crippen molar-refractivity contribution in [3.63, 3.8) is 0 Å². The number of thiophene rings is 1. The van der Waals surface area contributed by atoms with Crippen LogP contribution in [0.15, 0.2) is 35.8 Å². The first kappa shape index (κ1) is 10.3. The molecule has 3 aromatic rings. The maximum absolute atomic E-state index is 9.09. The van der Waals surface area contributed by atoms with E-state index in [-0.39, 0.29) is 6.61 Å². The molecule has 0 aliphatic rings. The Morgan fingerprint density at radius 1 is 1.41 bits per heavy atom. The quantitative estimate of drug-likeness (QED) is 0.727. The second-order valence-corrected chi connectivity index (χ2v) is 4.69. The molecule has 0 unspecified atom stereocenters. The minimum absolute atomic E-state index is 0.0115. The first-order valence-electron chi connectivity index (χ1n) is 5.21. The maximum atomic E-state index is 9.09. The molecule has 3 rings (SSSR count). The molecular formula is C12H11N3OS. The van der Waals surface area contributed by atoms with Gasteiger partial charge in [-0.25, -0.2) is 4.98 Å². The van der Waals surface area contributed by atoms with Crippen LogP contribution >= 0.6 is 11.3 Å². The molecule has 4 nitrogen and oxygen atoms in total. The molecule has 0 bridgehead atoms. The van der Waals surface area contributed by atoms with Crippen molar-refractivity contribution in [2.75, 3.05) is 5.73 Å². The molecule has 0 aliphatic heterocycles. The van der Waals surface area contributed by atoms with E-state index in [0.717, 1.165) is 21.8 Å². The molecule has 3 heterocycles. The lowest BCUT2D eigenvalue weighted by atomic mass is 10.3. The normalized spacial score (nSPS) is 11.1. The molecule has 86 valence electrons. The minimum atomic E-state index is 0.0115. The van der Waals surface area contributed by atoms with Gasteiger partial charge in [-0.2, -0.15) is 0 Å². The predicted octanol–water partition coefficient (Wildman–Crippen LogP) is 2.14. The number of aliphatic hydroxyl groups is 1. The molecule has 3 N–H and O–H groups in total.